The number of nitrogens with two attached hydrogens (primary N) is 1. The standard InChI is InChI=1S/C13H19N/c1-9(2)11-5-3-4-6-12(11)13(14)10-7-8-10/h3-6,9-10,13H,7-8,14H2,1-2H3/t13-/m1/s1. The minimum atomic E-state index is 0.272. The Kier molecular flexibility index (Phi) is 2.60. The molecule has 0 bridgehead atoms. The lowest BCUT2D eigenvalue weighted by molar-refractivity contribution is 0.620. The van der Waals surface area contributed by atoms with E-state index in [0.29, 0.717) is 5.92 Å². The zero-order chi connectivity index (χ0) is 10.1. The van der Waals surface area contributed by atoms with Crippen LogP contribution in [-0.2, 0) is 0 Å². The van der Waals surface area contributed by atoms with Crippen molar-refractivity contribution in [1.82, 2.24) is 0 Å². The van der Waals surface area contributed by atoms with Gasteiger partial charge in [-0.3, -0.25) is 0 Å². The van der Waals surface area contributed by atoms with E-state index in [1.165, 1.54) is 24.0 Å². The summed E-state index contributed by atoms with van der Waals surface area (Å²) in [7, 11) is 0. The first-order chi connectivity index (χ1) is 6.70. The summed E-state index contributed by atoms with van der Waals surface area (Å²) in [6.45, 7) is 4.47. The van der Waals surface area contributed by atoms with Crippen LogP contribution in [0, 0.1) is 5.92 Å². The Bertz CT molecular complexity index is 313. The molecule has 0 amide bonds. The van der Waals surface area contributed by atoms with E-state index in [9.17, 15) is 0 Å². The highest BCUT2D eigenvalue weighted by Gasteiger charge is 2.30. The van der Waals surface area contributed by atoms with E-state index in [1.807, 2.05) is 0 Å². The van der Waals surface area contributed by atoms with Crippen molar-refractivity contribution in [2.75, 3.05) is 0 Å². The molecule has 2 N–H and O–H groups in total. The van der Waals surface area contributed by atoms with Gasteiger partial charge in [0.05, 0.1) is 0 Å². The van der Waals surface area contributed by atoms with Crippen LogP contribution in [0.3, 0.4) is 0 Å². The molecule has 14 heavy (non-hydrogen) atoms. The molecular weight excluding hydrogens is 170 g/mol. The molecule has 2 rings (SSSR count). The van der Waals surface area contributed by atoms with Crippen molar-refractivity contribution < 1.29 is 0 Å². The lowest BCUT2D eigenvalue weighted by Crippen LogP contribution is -2.15. The second-order valence-electron chi connectivity index (χ2n) is 4.65. The zero-order valence-electron chi connectivity index (χ0n) is 9.03. The minimum absolute atomic E-state index is 0.272. The molecule has 0 unspecified atom stereocenters. The molecule has 0 heterocycles. The molecule has 1 heteroatoms. The second kappa shape index (κ2) is 3.74. The lowest BCUT2D eigenvalue weighted by atomic mass is 9.91. The molecule has 1 atom stereocenters. The van der Waals surface area contributed by atoms with E-state index in [-0.39, 0.29) is 6.04 Å². The summed E-state index contributed by atoms with van der Waals surface area (Å²) >= 11 is 0. The van der Waals surface area contributed by atoms with Gasteiger partial charge in [-0.05, 0) is 35.8 Å². The maximum Gasteiger partial charge on any atom is 0.0326 e. The summed E-state index contributed by atoms with van der Waals surface area (Å²) in [6, 6.07) is 8.89. The predicted octanol–water partition coefficient (Wildman–Crippen LogP) is 3.22. The molecule has 0 aliphatic heterocycles. The van der Waals surface area contributed by atoms with E-state index in [0.717, 1.165) is 5.92 Å². The zero-order valence-corrected chi connectivity index (χ0v) is 9.03. The van der Waals surface area contributed by atoms with Crippen LogP contribution >= 0.6 is 0 Å². The molecule has 1 aliphatic rings. The first-order valence-electron chi connectivity index (χ1n) is 5.54. The third-order valence-corrected chi connectivity index (χ3v) is 3.11. The first-order valence-corrected chi connectivity index (χ1v) is 5.54. The Morgan fingerprint density at radius 3 is 2.21 bits per heavy atom. The van der Waals surface area contributed by atoms with Crippen molar-refractivity contribution in [2.24, 2.45) is 11.7 Å². The monoisotopic (exact) mass is 189 g/mol. The Hall–Kier alpha value is -0.820. The molecule has 1 aliphatic carbocycles. The highest BCUT2D eigenvalue weighted by molar-refractivity contribution is 5.33. The highest BCUT2D eigenvalue weighted by Crippen LogP contribution is 2.41. The molecule has 1 aromatic carbocycles. The number of hydrogen-bond acceptors (Lipinski definition) is 1. The summed E-state index contributed by atoms with van der Waals surface area (Å²) in [6.07, 6.45) is 2.63. The van der Waals surface area contributed by atoms with Gasteiger partial charge in [-0.1, -0.05) is 38.1 Å². The quantitative estimate of drug-likeness (QED) is 0.776. The molecule has 0 spiro atoms. The summed E-state index contributed by atoms with van der Waals surface area (Å²) in [5.41, 5.74) is 9.03. The smallest absolute Gasteiger partial charge is 0.0326 e. The van der Waals surface area contributed by atoms with Gasteiger partial charge in [0, 0.05) is 6.04 Å². The van der Waals surface area contributed by atoms with Crippen molar-refractivity contribution in [2.45, 2.75) is 38.6 Å². The topological polar surface area (TPSA) is 26.0 Å². The summed E-state index contributed by atoms with van der Waals surface area (Å²) in [4.78, 5) is 0. The second-order valence-corrected chi connectivity index (χ2v) is 4.65. The molecular formula is C13H19N. The third kappa shape index (κ3) is 1.83. The van der Waals surface area contributed by atoms with Gasteiger partial charge in [0.2, 0.25) is 0 Å². The Morgan fingerprint density at radius 1 is 1.14 bits per heavy atom. The van der Waals surface area contributed by atoms with Crippen LogP contribution in [-0.4, -0.2) is 0 Å². The van der Waals surface area contributed by atoms with Crippen LogP contribution in [0.5, 0.6) is 0 Å². The van der Waals surface area contributed by atoms with Crippen LogP contribution in [0.4, 0.5) is 0 Å². The average Bonchev–Trinajstić information content (AvgIpc) is 3.00. The van der Waals surface area contributed by atoms with Crippen LogP contribution in [0.1, 0.15) is 49.8 Å². The molecule has 0 aromatic heterocycles. The van der Waals surface area contributed by atoms with Crippen LogP contribution < -0.4 is 5.73 Å². The molecule has 1 saturated carbocycles. The fourth-order valence-corrected chi connectivity index (χ4v) is 2.05. The maximum absolute atomic E-state index is 6.24. The highest BCUT2D eigenvalue weighted by atomic mass is 14.7. The van der Waals surface area contributed by atoms with Gasteiger partial charge in [-0.2, -0.15) is 0 Å². The summed E-state index contributed by atoms with van der Waals surface area (Å²) in [5.74, 6) is 1.32. The van der Waals surface area contributed by atoms with Crippen molar-refractivity contribution in [3.63, 3.8) is 0 Å². The molecule has 1 nitrogen and oxygen atoms in total. The fourth-order valence-electron chi connectivity index (χ4n) is 2.05. The van der Waals surface area contributed by atoms with Crippen LogP contribution in [0.25, 0.3) is 0 Å². The Morgan fingerprint density at radius 2 is 1.71 bits per heavy atom. The maximum atomic E-state index is 6.24. The molecule has 1 aromatic rings. The molecule has 0 saturated heterocycles. The number of rotatable bonds is 3. The minimum Gasteiger partial charge on any atom is -0.324 e. The van der Waals surface area contributed by atoms with Crippen molar-refractivity contribution >= 4 is 0 Å². The average molecular weight is 189 g/mol. The van der Waals surface area contributed by atoms with Crippen molar-refractivity contribution in [3.8, 4) is 0 Å². The number of hydrogen-bond donors (Lipinski definition) is 1. The van der Waals surface area contributed by atoms with Crippen LogP contribution in [0.2, 0.25) is 0 Å². The van der Waals surface area contributed by atoms with Gasteiger partial charge in [0.1, 0.15) is 0 Å². The van der Waals surface area contributed by atoms with Gasteiger partial charge in [0.15, 0.2) is 0 Å². The van der Waals surface area contributed by atoms with E-state index < -0.39 is 0 Å². The van der Waals surface area contributed by atoms with E-state index in [4.69, 9.17) is 5.73 Å². The van der Waals surface area contributed by atoms with Gasteiger partial charge in [0.25, 0.3) is 0 Å². The third-order valence-electron chi connectivity index (χ3n) is 3.11. The van der Waals surface area contributed by atoms with Crippen molar-refractivity contribution in [1.29, 1.82) is 0 Å². The lowest BCUT2D eigenvalue weighted by Gasteiger charge is -2.18. The normalized spacial score (nSPS) is 18.6. The van der Waals surface area contributed by atoms with Crippen molar-refractivity contribution in [3.05, 3.63) is 35.4 Å². The Labute approximate surface area is 86.3 Å². The van der Waals surface area contributed by atoms with Crippen LogP contribution in [0.15, 0.2) is 24.3 Å². The predicted molar refractivity (Wildman–Crippen MR) is 60.2 cm³/mol. The first kappa shape index (κ1) is 9.72. The van der Waals surface area contributed by atoms with Gasteiger partial charge in [-0.15, -0.1) is 0 Å². The van der Waals surface area contributed by atoms with Gasteiger partial charge >= 0.3 is 0 Å². The van der Waals surface area contributed by atoms with E-state index in [1.54, 1.807) is 0 Å². The largest absolute Gasteiger partial charge is 0.324 e. The Balaban J connectivity index is 2.30. The SMILES string of the molecule is CC(C)c1ccccc1[C@H](N)C1CC1. The molecule has 0 radical (unpaired) electrons. The summed E-state index contributed by atoms with van der Waals surface area (Å²) < 4.78 is 0. The molecule has 76 valence electrons. The van der Waals surface area contributed by atoms with Gasteiger partial charge in [-0.25, -0.2) is 0 Å². The summed E-state index contributed by atoms with van der Waals surface area (Å²) in [5, 5.41) is 0. The number of benzene rings is 1. The van der Waals surface area contributed by atoms with Gasteiger partial charge < -0.3 is 5.73 Å². The fraction of sp³-hybridized carbons (Fsp3) is 0.538. The van der Waals surface area contributed by atoms with E-state index >= 15 is 0 Å². The van der Waals surface area contributed by atoms with E-state index in [2.05, 4.69) is 38.1 Å². The molecule has 1 fully saturated rings.